The molecule has 0 spiro atoms. The largest absolute Gasteiger partial charge is 0.449 e. The highest BCUT2D eigenvalue weighted by Gasteiger charge is 2.23. The number of hydrogen-bond acceptors (Lipinski definition) is 5. The van der Waals surface area contributed by atoms with Crippen LogP contribution in [-0.4, -0.2) is 29.9 Å². The van der Waals surface area contributed by atoms with Gasteiger partial charge in [-0.15, -0.1) is 11.3 Å². The van der Waals surface area contributed by atoms with Crippen LogP contribution in [-0.2, 0) is 9.53 Å². The van der Waals surface area contributed by atoms with Gasteiger partial charge < -0.3 is 15.4 Å². The quantitative estimate of drug-likeness (QED) is 0.743. The third-order valence-electron chi connectivity index (χ3n) is 4.46. The van der Waals surface area contributed by atoms with Crippen molar-refractivity contribution in [2.24, 2.45) is 0 Å². The van der Waals surface area contributed by atoms with Crippen LogP contribution in [0, 0.1) is 0 Å². The molecule has 1 aliphatic rings. The predicted molar refractivity (Wildman–Crippen MR) is 104 cm³/mol. The van der Waals surface area contributed by atoms with Crippen LogP contribution in [0.1, 0.15) is 52.6 Å². The first-order valence-electron chi connectivity index (χ1n) is 8.99. The minimum absolute atomic E-state index is 0.175. The van der Waals surface area contributed by atoms with Crippen LogP contribution in [0.2, 0.25) is 0 Å². The molecule has 2 aromatic rings. The van der Waals surface area contributed by atoms with Crippen LogP contribution in [0.4, 0.5) is 5.69 Å². The first kappa shape index (κ1) is 19.1. The molecule has 1 atom stereocenters. The Kier molecular flexibility index (Phi) is 6.24. The van der Waals surface area contributed by atoms with Crippen molar-refractivity contribution in [3.63, 3.8) is 0 Å². The van der Waals surface area contributed by atoms with Crippen molar-refractivity contribution in [2.45, 2.75) is 44.8 Å². The Morgan fingerprint density at radius 3 is 2.63 bits per heavy atom. The molecular formula is C20H22N2O4S. The molecule has 2 N–H and O–H groups in total. The number of anilines is 1. The third-order valence-corrected chi connectivity index (χ3v) is 5.32. The number of carbonyl (C=O) groups is 3. The molecule has 1 fully saturated rings. The number of esters is 1. The zero-order valence-corrected chi connectivity index (χ0v) is 15.9. The van der Waals surface area contributed by atoms with Gasteiger partial charge in [0.1, 0.15) is 0 Å². The maximum absolute atomic E-state index is 12.4. The van der Waals surface area contributed by atoms with Gasteiger partial charge in [-0.1, -0.05) is 25.0 Å². The summed E-state index contributed by atoms with van der Waals surface area (Å²) in [5.41, 5.74) is 0.769. The number of amides is 2. The molecule has 1 aliphatic carbocycles. The van der Waals surface area contributed by atoms with Gasteiger partial charge in [0.15, 0.2) is 6.10 Å². The van der Waals surface area contributed by atoms with E-state index in [1.807, 2.05) is 5.38 Å². The van der Waals surface area contributed by atoms with Crippen molar-refractivity contribution < 1.29 is 19.1 Å². The van der Waals surface area contributed by atoms with Gasteiger partial charge in [-0.2, -0.15) is 0 Å². The fourth-order valence-corrected chi connectivity index (χ4v) is 3.61. The summed E-state index contributed by atoms with van der Waals surface area (Å²) in [6.07, 6.45) is 3.30. The summed E-state index contributed by atoms with van der Waals surface area (Å²) in [6, 6.07) is 10.2. The van der Waals surface area contributed by atoms with E-state index >= 15 is 0 Å². The molecule has 1 aromatic carbocycles. The minimum atomic E-state index is -0.873. The highest BCUT2D eigenvalue weighted by Crippen LogP contribution is 2.18. The highest BCUT2D eigenvalue weighted by atomic mass is 32.1. The summed E-state index contributed by atoms with van der Waals surface area (Å²) in [4.78, 5) is 37.2. The number of benzene rings is 1. The van der Waals surface area contributed by atoms with Crippen LogP contribution in [0.25, 0.3) is 0 Å². The van der Waals surface area contributed by atoms with Gasteiger partial charge in [0.2, 0.25) is 0 Å². The number of carbonyl (C=O) groups excluding carboxylic acids is 3. The fourth-order valence-electron chi connectivity index (χ4n) is 3.00. The Hall–Kier alpha value is -2.67. The lowest BCUT2D eigenvalue weighted by molar-refractivity contribution is -0.129. The van der Waals surface area contributed by atoms with Crippen LogP contribution in [0.5, 0.6) is 0 Å². The van der Waals surface area contributed by atoms with E-state index in [0.717, 1.165) is 25.7 Å². The van der Waals surface area contributed by atoms with Gasteiger partial charge in [-0.05, 0) is 49.4 Å². The van der Waals surface area contributed by atoms with E-state index < -0.39 is 12.1 Å². The molecule has 1 saturated carbocycles. The summed E-state index contributed by atoms with van der Waals surface area (Å²) in [7, 11) is 0. The second-order valence-corrected chi connectivity index (χ2v) is 7.50. The topological polar surface area (TPSA) is 84.5 Å². The van der Waals surface area contributed by atoms with Gasteiger partial charge in [0, 0.05) is 11.7 Å². The predicted octanol–water partition coefficient (Wildman–Crippen LogP) is 3.60. The lowest BCUT2D eigenvalue weighted by Crippen LogP contribution is -2.40. The Morgan fingerprint density at radius 2 is 1.93 bits per heavy atom. The summed E-state index contributed by atoms with van der Waals surface area (Å²) < 4.78 is 5.28. The van der Waals surface area contributed by atoms with E-state index in [9.17, 15) is 14.4 Å². The second kappa shape index (κ2) is 8.81. The Balaban J connectivity index is 1.57. The van der Waals surface area contributed by atoms with Crippen LogP contribution in [0.3, 0.4) is 0 Å². The maximum Gasteiger partial charge on any atom is 0.338 e. The Bertz CT molecular complexity index is 813. The molecule has 7 heteroatoms. The zero-order chi connectivity index (χ0) is 19.2. The zero-order valence-electron chi connectivity index (χ0n) is 15.1. The lowest BCUT2D eigenvalue weighted by Gasteiger charge is -2.17. The van der Waals surface area contributed by atoms with Crippen molar-refractivity contribution in [1.82, 2.24) is 5.32 Å². The first-order chi connectivity index (χ1) is 13.0. The van der Waals surface area contributed by atoms with Crippen LogP contribution >= 0.6 is 11.3 Å². The van der Waals surface area contributed by atoms with Crippen molar-refractivity contribution in [3.05, 3.63) is 52.2 Å². The van der Waals surface area contributed by atoms with Crippen LogP contribution in [0.15, 0.2) is 41.8 Å². The van der Waals surface area contributed by atoms with Gasteiger partial charge in [0.05, 0.1) is 10.4 Å². The average Bonchev–Trinajstić information content (AvgIpc) is 3.35. The number of ether oxygens (including phenoxy) is 1. The molecule has 27 heavy (non-hydrogen) atoms. The number of thiophene rings is 1. The van der Waals surface area contributed by atoms with E-state index in [1.54, 1.807) is 37.3 Å². The monoisotopic (exact) mass is 386 g/mol. The third kappa shape index (κ3) is 5.17. The van der Waals surface area contributed by atoms with Gasteiger partial charge in [-0.25, -0.2) is 4.79 Å². The van der Waals surface area contributed by atoms with Crippen molar-refractivity contribution in [1.29, 1.82) is 0 Å². The second-order valence-electron chi connectivity index (χ2n) is 6.55. The first-order valence-corrected chi connectivity index (χ1v) is 9.87. The van der Waals surface area contributed by atoms with Gasteiger partial charge in [-0.3, -0.25) is 9.59 Å². The molecule has 1 aromatic heterocycles. The van der Waals surface area contributed by atoms with Gasteiger partial charge in [0.25, 0.3) is 11.8 Å². The minimum Gasteiger partial charge on any atom is -0.449 e. The molecule has 2 amide bonds. The lowest BCUT2D eigenvalue weighted by atomic mass is 10.2. The molecule has 0 aliphatic heterocycles. The number of nitrogens with one attached hydrogen (secondary N) is 2. The normalized spacial score (nSPS) is 15.1. The molecule has 0 radical (unpaired) electrons. The molecule has 0 saturated heterocycles. The number of hydrogen-bond donors (Lipinski definition) is 2. The highest BCUT2D eigenvalue weighted by molar-refractivity contribution is 7.12. The number of rotatable bonds is 6. The molecule has 0 bridgehead atoms. The van der Waals surface area contributed by atoms with E-state index in [1.165, 1.54) is 17.4 Å². The molecule has 142 valence electrons. The molecule has 3 rings (SSSR count). The standard InChI is InChI=1S/C20H22N2O4S/c1-13(18(23)21-15-7-2-3-8-15)26-20(25)14-6-4-9-16(12-14)22-19(24)17-10-5-11-27-17/h4-6,9-13,15H,2-3,7-8H2,1H3,(H,21,23)(H,22,24)/t13-/m1/s1. The van der Waals surface area contributed by atoms with E-state index in [4.69, 9.17) is 4.74 Å². The Morgan fingerprint density at radius 1 is 1.15 bits per heavy atom. The van der Waals surface area contributed by atoms with Crippen molar-refractivity contribution in [2.75, 3.05) is 5.32 Å². The summed E-state index contributed by atoms with van der Waals surface area (Å²) in [5.74, 6) is -1.12. The van der Waals surface area contributed by atoms with Crippen LogP contribution < -0.4 is 10.6 Å². The van der Waals surface area contributed by atoms with Crippen molar-refractivity contribution >= 4 is 34.8 Å². The van der Waals surface area contributed by atoms with E-state index in [0.29, 0.717) is 10.6 Å². The molecule has 0 unspecified atom stereocenters. The Labute approximate surface area is 161 Å². The SMILES string of the molecule is C[C@@H](OC(=O)c1cccc(NC(=O)c2cccs2)c1)C(=O)NC1CCCC1. The van der Waals surface area contributed by atoms with Gasteiger partial charge >= 0.3 is 5.97 Å². The van der Waals surface area contributed by atoms with E-state index in [2.05, 4.69) is 10.6 Å². The average molecular weight is 386 g/mol. The molecular weight excluding hydrogens is 364 g/mol. The van der Waals surface area contributed by atoms with E-state index in [-0.39, 0.29) is 23.4 Å². The smallest absolute Gasteiger partial charge is 0.338 e. The summed E-state index contributed by atoms with van der Waals surface area (Å²) in [6.45, 7) is 1.56. The summed E-state index contributed by atoms with van der Waals surface area (Å²) in [5, 5.41) is 7.49. The van der Waals surface area contributed by atoms with Crippen molar-refractivity contribution in [3.8, 4) is 0 Å². The maximum atomic E-state index is 12.4. The summed E-state index contributed by atoms with van der Waals surface area (Å²) >= 11 is 1.34. The molecule has 1 heterocycles. The fraction of sp³-hybridized carbons (Fsp3) is 0.350. The molecule has 6 nitrogen and oxygen atoms in total.